The van der Waals surface area contributed by atoms with E-state index in [1.54, 1.807) is 30.4 Å². The lowest BCUT2D eigenvalue weighted by atomic mass is 10.3. The zero-order valence-electron chi connectivity index (χ0n) is 11.7. The van der Waals surface area contributed by atoms with E-state index in [9.17, 15) is 9.59 Å². The molecule has 0 bridgehead atoms. The van der Waals surface area contributed by atoms with E-state index in [0.29, 0.717) is 12.3 Å². The smallest absolute Gasteiger partial charge is 0.438 e. The highest BCUT2D eigenvalue weighted by atomic mass is 32.1. The molecule has 22 heavy (non-hydrogen) atoms. The van der Waals surface area contributed by atoms with Crippen LogP contribution in [0.3, 0.4) is 0 Å². The number of aromatic nitrogens is 2. The molecule has 0 radical (unpaired) electrons. The Kier molecular flexibility index (Phi) is 3.92. The summed E-state index contributed by atoms with van der Waals surface area (Å²) < 4.78 is 11.1. The van der Waals surface area contributed by atoms with E-state index >= 15 is 0 Å². The molecular formula is C14H13N3O4S. The highest BCUT2D eigenvalue weighted by molar-refractivity contribution is 7.09. The largest absolute Gasteiger partial charge is 0.459 e. The molecule has 1 N–H and O–H groups in total. The van der Waals surface area contributed by atoms with E-state index in [0.717, 1.165) is 9.56 Å². The number of furan rings is 1. The summed E-state index contributed by atoms with van der Waals surface area (Å²) in [6, 6.07) is 6.34. The minimum atomic E-state index is -0.778. The maximum Gasteiger partial charge on any atom is 0.438 e. The van der Waals surface area contributed by atoms with E-state index in [1.807, 2.05) is 17.5 Å². The minimum absolute atomic E-state index is 0.0490. The summed E-state index contributed by atoms with van der Waals surface area (Å²) in [6.45, 7) is 2.00. The van der Waals surface area contributed by atoms with Gasteiger partial charge < -0.3 is 14.2 Å². The van der Waals surface area contributed by atoms with Crippen molar-refractivity contribution >= 4 is 17.2 Å². The molecule has 3 aromatic rings. The van der Waals surface area contributed by atoms with Crippen molar-refractivity contribution in [1.82, 2.24) is 15.1 Å². The van der Waals surface area contributed by atoms with Crippen LogP contribution >= 0.6 is 11.3 Å². The molecule has 0 aromatic carbocycles. The summed E-state index contributed by atoms with van der Waals surface area (Å²) in [5.74, 6) is -0.630. The summed E-state index contributed by atoms with van der Waals surface area (Å²) in [7, 11) is 0. The molecule has 3 aromatic heterocycles. The Balaban J connectivity index is 1.73. The van der Waals surface area contributed by atoms with Crippen LogP contribution in [0.4, 0.5) is 0 Å². The topological polar surface area (TPSA) is 90.3 Å². The van der Waals surface area contributed by atoms with E-state index in [-0.39, 0.29) is 11.8 Å². The van der Waals surface area contributed by atoms with Crippen LogP contribution in [0.25, 0.3) is 11.7 Å². The molecule has 8 heteroatoms. The second kappa shape index (κ2) is 6.02. The molecule has 0 saturated carbocycles. The number of nitrogens with zero attached hydrogens (tertiary/aromatic N) is 2. The van der Waals surface area contributed by atoms with E-state index in [4.69, 9.17) is 8.83 Å². The molecule has 0 saturated heterocycles. The van der Waals surface area contributed by atoms with Gasteiger partial charge in [-0.15, -0.1) is 16.4 Å². The van der Waals surface area contributed by atoms with Gasteiger partial charge in [-0.05, 0) is 30.5 Å². The molecule has 0 aliphatic heterocycles. The van der Waals surface area contributed by atoms with Crippen molar-refractivity contribution in [3.05, 3.63) is 51.3 Å². The zero-order valence-corrected chi connectivity index (χ0v) is 12.5. The van der Waals surface area contributed by atoms with Crippen LogP contribution in [0, 0.1) is 0 Å². The second-order valence-electron chi connectivity index (χ2n) is 4.57. The van der Waals surface area contributed by atoms with Crippen molar-refractivity contribution in [3.8, 4) is 11.7 Å². The van der Waals surface area contributed by atoms with Crippen LogP contribution in [-0.4, -0.2) is 15.7 Å². The van der Waals surface area contributed by atoms with Gasteiger partial charge in [0.25, 0.3) is 5.89 Å². The minimum Gasteiger partial charge on any atom is -0.459 e. The average molecular weight is 319 g/mol. The highest BCUT2D eigenvalue weighted by Gasteiger charge is 2.22. The highest BCUT2D eigenvalue weighted by Crippen LogP contribution is 2.16. The Hall–Kier alpha value is -2.61. The maximum absolute atomic E-state index is 12.1. The number of carbonyl (C=O) groups excluding carboxylic acids is 1. The van der Waals surface area contributed by atoms with E-state index in [1.165, 1.54) is 6.26 Å². The van der Waals surface area contributed by atoms with Crippen molar-refractivity contribution in [3.63, 3.8) is 0 Å². The Morgan fingerprint density at radius 2 is 2.32 bits per heavy atom. The van der Waals surface area contributed by atoms with Crippen LogP contribution in [0.5, 0.6) is 0 Å². The fourth-order valence-electron chi connectivity index (χ4n) is 1.88. The van der Waals surface area contributed by atoms with Crippen LogP contribution in [-0.2, 0) is 11.3 Å². The van der Waals surface area contributed by atoms with Gasteiger partial charge in [0.05, 0.1) is 12.8 Å². The van der Waals surface area contributed by atoms with E-state index in [2.05, 4.69) is 10.4 Å². The summed E-state index contributed by atoms with van der Waals surface area (Å²) in [4.78, 5) is 25.0. The summed E-state index contributed by atoms with van der Waals surface area (Å²) in [5.41, 5.74) is 0. The molecule has 0 fully saturated rings. The third-order valence-electron chi connectivity index (χ3n) is 3.06. The number of thiophene rings is 1. The third-order valence-corrected chi connectivity index (χ3v) is 3.94. The third kappa shape index (κ3) is 2.86. The van der Waals surface area contributed by atoms with E-state index < -0.39 is 11.8 Å². The van der Waals surface area contributed by atoms with Gasteiger partial charge in [0, 0.05) is 4.88 Å². The molecule has 0 unspecified atom stereocenters. The lowest BCUT2D eigenvalue weighted by Gasteiger charge is -2.09. The number of amides is 1. The number of carbonyl (C=O) groups is 1. The van der Waals surface area contributed by atoms with Gasteiger partial charge in [-0.25, -0.2) is 4.79 Å². The number of nitrogens with one attached hydrogen (secondary N) is 1. The number of hydrogen-bond acceptors (Lipinski definition) is 6. The van der Waals surface area contributed by atoms with Gasteiger partial charge in [-0.1, -0.05) is 6.07 Å². The monoisotopic (exact) mass is 319 g/mol. The van der Waals surface area contributed by atoms with Crippen LogP contribution in [0.2, 0.25) is 0 Å². The lowest BCUT2D eigenvalue weighted by molar-refractivity contribution is -0.124. The van der Waals surface area contributed by atoms with Crippen LogP contribution in [0.1, 0.15) is 17.8 Å². The first-order valence-corrected chi connectivity index (χ1v) is 7.47. The molecule has 3 heterocycles. The summed E-state index contributed by atoms with van der Waals surface area (Å²) >= 11 is 1.55. The predicted molar refractivity (Wildman–Crippen MR) is 79.3 cm³/mol. The van der Waals surface area contributed by atoms with Crippen LogP contribution < -0.4 is 11.1 Å². The Morgan fingerprint density at radius 3 is 3.00 bits per heavy atom. The van der Waals surface area contributed by atoms with Gasteiger partial charge in [0.1, 0.15) is 6.04 Å². The summed E-state index contributed by atoms with van der Waals surface area (Å²) in [5, 5.41) is 8.70. The Morgan fingerprint density at radius 1 is 1.45 bits per heavy atom. The van der Waals surface area contributed by atoms with Crippen molar-refractivity contribution in [2.45, 2.75) is 19.5 Å². The maximum atomic E-state index is 12.1. The molecule has 1 amide bonds. The quantitative estimate of drug-likeness (QED) is 0.777. The van der Waals surface area contributed by atoms with Gasteiger partial charge >= 0.3 is 5.76 Å². The zero-order chi connectivity index (χ0) is 15.5. The SMILES string of the molecule is C[C@@H](C(=O)NCc1cccs1)n1nc(-c2ccco2)oc1=O. The molecule has 7 nitrogen and oxygen atoms in total. The molecule has 114 valence electrons. The van der Waals surface area contributed by atoms with Gasteiger partial charge in [0.2, 0.25) is 5.91 Å². The van der Waals surface area contributed by atoms with Crippen molar-refractivity contribution in [1.29, 1.82) is 0 Å². The first kappa shape index (κ1) is 14.3. The first-order valence-electron chi connectivity index (χ1n) is 6.59. The Labute approximate surface area is 129 Å². The average Bonchev–Trinajstić information content (AvgIpc) is 3.24. The van der Waals surface area contributed by atoms with Gasteiger partial charge in [-0.3, -0.25) is 4.79 Å². The fraction of sp³-hybridized carbons (Fsp3) is 0.214. The predicted octanol–water partition coefficient (Wildman–Crippen LogP) is 2.04. The Bertz CT molecular complexity index is 802. The van der Waals surface area contributed by atoms with Gasteiger partial charge in [-0.2, -0.15) is 4.68 Å². The molecule has 1 atom stereocenters. The molecule has 0 spiro atoms. The lowest BCUT2D eigenvalue weighted by Crippen LogP contribution is -2.34. The van der Waals surface area contributed by atoms with Crippen molar-refractivity contribution < 1.29 is 13.6 Å². The van der Waals surface area contributed by atoms with Crippen molar-refractivity contribution in [2.75, 3.05) is 0 Å². The summed E-state index contributed by atoms with van der Waals surface area (Å²) in [6.07, 6.45) is 1.45. The van der Waals surface area contributed by atoms with Gasteiger partial charge in [0.15, 0.2) is 5.76 Å². The molecule has 0 aliphatic carbocycles. The number of hydrogen-bond donors (Lipinski definition) is 1. The fourth-order valence-corrected chi connectivity index (χ4v) is 2.52. The van der Waals surface area contributed by atoms with Crippen LogP contribution in [0.15, 0.2) is 49.5 Å². The molecule has 0 aliphatic rings. The number of rotatable bonds is 5. The molecule has 3 rings (SSSR count). The normalized spacial score (nSPS) is 12.2. The standard InChI is InChI=1S/C14H13N3O4S/c1-9(12(18)15-8-10-4-3-7-22-10)17-14(19)21-13(16-17)11-5-2-6-20-11/h2-7,9H,8H2,1H3,(H,15,18)/t9-/m0/s1. The second-order valence-corrected chi connectivity index (χ2v) is 5.60. The van der Waals surface area contributed by atoms with Crippen molar-refractivity contribution in [2.24, 2.45) is 0 Å². The first-order chi connectivity index (χ1) is 10.6. The molecular weight excluding hydrogens is 306 g/mol.